The maximum absolute atomic E-state index is 12.6. The van der Waals surface area contributed by atoms with Gasteiger partial charge in [-0.25, -0.2) is 4.79 Å². The number of rotatable bonds is 5. The number of ether oxygens (including phenoxy) is 1. The topological polar surface area (TPSA) is 98.0 Å². The molecule has 0 aliphatic carbocycles. The van der Waals surface area contributed by atoms with E-state index in [0.29, 0.717) is 17.9 Å². The first-order chi connectivity index (χ1) is 15.8. The molecule has 0 atom stereocenters. The van der Waals surface area contributed by atoms with Crippen LogP contribution in [0.1, 0.15) is 29.3 Å². The minimum Gasteiger partial charge on any atom is -0.454 e. The first-order valence-corrected chi connectivity index (χ1v) is 11.0. The van der Waals surface area contributed by atoms with Crippen molar-refractivity contribution in [1.82, 2.24) is 10.2 Å². The number of anilines is 1. The smallest absolute Gasteiger partial charge is 0.347 e. The van der Waals surface area contributed by atoms with Crippen molar-refractivity contribution in [2.45, 2.75) is 19.8 Å². The van der Waals surface area contributed by atoms with Gasteiger partial charge >= 0.3 is 6.03 Å². The lowest BCUT2D eigenvalue weighted by Crippen LogP contribution is -2.42. The maximum Gasteiger partial charge on any atom is 0.347 e. The normalized spacial score (nSPS) is 15.6. The summed E-state index contributed by atoms with van der Waals surface area (Å²) in [6.45, 7) is 7.02. The molecule has 0 radical (unpaired) electrons. The Labute approximate surface area is 200 Å². The van der Waals surface area contributed by atoms with Crippen LogP contribution in [0.5, 0.6) is 11.5 Å². The van der Waals surface area contributed by atoms with Crippen molar-refractivity contribution in [2.24, 2.45) is 5.10 Å². The lowest BCUT2D eigenvalue weighted by molar-refractivity contribution is 0.0740. The van der Waals surface area contributed by atoms with Crippen LogP contribution in [0, 0.1) is 11.3 Å². The largest absolute Gasteiger partial charge is 0.454 e. The number of hydrazone groups is 1. The fourth-order valence-corrected chi connectivity index (χ4v) is 4.21. The number of nitrogens with one attached hydrogen (secondary N) is 1. The molecule has 0 bridgehead atoms. The molecule has 0 unspecified atom stereocenters. The highest BCUT2D eigenvalue weighted by Gasteiger charge is 2.27. The summed E-state index contributed by atoms with van der Waals surface area (Å²) in [6, 6.07) is 9.42. The molecule has 10 heteroatoms. The molecular formula is C23H19Cl2N5O3. The second-order valence-electron chi connectivity index (χ2n) is 7.48. The van der Waals surface area contributed by atoms with Gasteiger partial charge in [-0.05, 0) is 48.7 Å². The van der Waals surface area contributed by atoms with E-state index in [4.69, 9.17) is 33.2 Å². The number of hydrogen-bond donors (Lipinski definition) is 1. The molecule has 0 saturated carbocycles. The molecule has 2 aromatic rings. The molecule has 0 fully saturated rings. The van der Waals surface area contributed by atoms with Crippen LogP contribution in [0.2, 0.25) is 10.0 Å². The average molecular weight is 484 g/mol. The van der Waals surface area contributed by atoms with E-state index in [-0.39, 0.29) is 38.8 Å². The van der Waals surface area contributed by atoms with Crippen molar-refractivity contribution in [3.05, 3.63) is 63.8 Å². The van der Waals surface area contributed by atoms with Crippen LogP contribution in [-0.4, -0.2) is 35.6 Å². The van der Waals surface area contributed by atoms with Crippen molar-refractivity contribution in [3.63, 3.8) is 0 Å². The zero-order chi connectivity index (χ0) is 23.7. The molecule has 0 spiro atoms. The highest BCUT2D eigenvalue weighted by atomic mass is 35.5. The number of benzene rings is 2. The lowest BCUT2D eigenvalue weighted by Gasteiger charge is -2.28. The number of fused-ring (bicyclic) bond motifs is 1. The first kappa shape index (κ1) is 22.6. The average Bonchev–Trinajstić information content (AvgIpc) is 2.78. The van der Waals surface area contributed by atoms with Gasteiger partial charge in [-0.3, -0.25) is 4.79 Å². The lowest BCUT2D eigenvalue weighted by atomic mass is 9.98. The monoisotopic (exact) mass is 483 g/mol. The number of hydrogen-bond acceptors (Lipinski definition) is 5. The molecule has 4 rings (SSSR count). The zero-order valence-corrected chi connectivity index (χ0v) is 19.2. The number of amides is 3. The standard InChI is InChI=1S/C23H19Cl2N5O3/c1-3-7-29-8-6-14-9-16(4-5-17(14)22(29)31)33-21-18(24)10-15(11-19(21)25)30-23(32)27-13(2)20(12-26)28-30/h4-5,9-11H,2-3,6-8H2,1H3,(H,27,32). The van der Waals surface area contributed by atoms with E-state index in [1.165, 1.54) is 12.1 Å². The predicted octanol–water partition coefficient (Wildman–Crippen LogP) is 5.12. The van der Waals surface area contributed by atoms with Gasteiger partial charge in [0, 0.05) is 18.7 Å². The molecule has 1 N–H and O–H groups in total. The Morgan fingerprint density at radius 1 is 1.24 bits per heavy atom. The van der Waals surface area contributed by atoms with E-state index in [2.05, 4.69) is 17.0 Å². The first-order valence-electron chi connectivity index (χ1n) is 10.2. The zero-order valence-electron chi connectivity index (χ0n) is 17.7. The van der Waals surface area contributed by atoms with Gasteiger partial charge in [0.1, 0.15) is 11.8 Å². The third-order valence-corrected chi connectivity index (χ3v) is 5.79. The molecule has 3 amide bonds. The fourth-order valence-electron chi connectivity index (χ4n) is 3.66. The summed E-state index contributed by atoms with van der Waals surface area (Å²) >= 11 is 12.8. The minimum absolute atomic E-state index is 0.0184. The van der Waals surface area contributed by atoms with Gasteiger partial charge in [0.25, 0.3) is 5.91 Å². The Kier molecular flexibility index (Phi) is 6.27. The molecule has 2 aliphatic heterocycles. The highest BCUT2D eigenvalue weighted by Crippen LogP contribution is 2.40. The Hall–Kier alpha value is -3.54. The van der Waals surface area contributed by atoms with Crippen LogP contribution in [-0.2, 0) is 6.42 Å². The van der Waals surface area contributed by atoms with E-state index in [0.717, 1.165) is 30.0 Å². The predicted molar refractivity (Wildman–Crippen MR) is 126 cm³/mol. The summed E-state index contributed by atoms with van der Waals surface area (Å²) < 4.78 is 5.93. The van der Waals surface area contributed by atoms with Crippen molar-refractivity contribution in [1.29, 1.82) is 5.26 Å². The van der Waals surface area contributed by atoms with Crippen LogP contribution < -0.4 is 15.1 Å². The number of halogens is 2. The summed E-state index contributed by atoms with van der Waals surface area (Å²) in [7, 11) is 0. The van der Waals surface area contributed by atoms with Crippen molar-refractivity contribution in [3.8, 4) is 17.6 Å². The van der Waals surface area contributed by atoms with Crippen molar-refractivity contribution >= 4 is 46.5 Å². The number of urea groups is 1. The molecule has 33 heavy (non-hydrogen) atoms. The van der Waals surface area contributed by atoms with Gasteiger partial charge in [-0.15, -0.1) is 0 Å². The molecule has 0 aromatic heterocycles. The summed E-state index contributed by atoms with van der Waals surface area (Å²) in [4.78, 5) is 26.8. The van der Waals surface area contributed by atoms with Gasteiger partial charge in [0.2, 0.25) is 0 Å². The number of carbonyl (C=O) groups excluding carboxylic acids is 2. The summed E-state index contributed by atoms with van der Waals surface area (Å²) in [5.41, 5.74) is 1.89. The summed E-state index contributed by atoms with van der Waals surface area (Å²) in [5.74, 6) is 0.701. The van der Waals surface area contributed by atoms with E-state index in [1.54, 1.807) is 12.1 Å². The number of nitriles is 1. The van der Waals surface area contributed by atoms with Crippen LogP contribution in [0.3, 0.4) is 0 Å². The Balaban J connectivity index is 1.60. The Morgan fingerprint density at radius 3 is 2.64 bits per heavy atom. The van der Waals surface area contributed by atoms with Crippen molar-refractivity contribution < 1.29 is 14.3 Å². The van der Waals surface area contributed by atoms with Crippen LogP contribution in [0.4, 0.5) is 10.5 Å². The molecule has 2 aliphatic rings. The maximum atomic E-state index is 12.6. The van der Waals surface area contributed by atoms with Crippen LogP contribution in [0.15, 0.2) is 47.7 Å². The molecule has 0 saturated heterocycles. The van der Waals surface area contributed by atoms with E-state index >= 15 is 0 Å². The molecular weight excluding hydrogens is 465 g/mol. The quantitative estimate of drug-likeness (QED) is 0.637. The minimum atomic E-state index is -0.601. The highest BCUT2D eigenvalue weighted by molar-refractivity contribution is 6.37. The van der Waals surface area contributed by atoms with Gasteiger partial charge in [0.15, 0.2) is 11.5 Å². The fraction of sp³-hybridized carbons (Fsp3) is 0.217. The van der Waals surface area contributed by atoms with E-state index < -0.39 is 6.03 Å². The second-order valence-corrected chi connectivity index (χ2v) is 8.30. The van der Waals surface area contributed by atoms with Crippen molar-refractivity contribution in [2.75, 3.05) is 18.1 Å². The van der Waals surface area contributed by atoms with Gasteiger partial charge in [0.05, 0.1) is 21.4 Å². The Morgan fingerprint density at radius 2 is 1.97 bits per heavy atom. The molecule has 2 heterocycles. The molecule has 2 aromatic carbocycles. The second kappa shape index (κ2) is 9.14. The third kappa shape index (κ3) is 4.38. The number of allylic oxidation sites excluding steroid dienone is 1. The van der Waals surface area contributed by atoms with Crippen LogP contribution >= 0.6 is 23.2 Å². The van der Waals surface area contributed by atoms with Gasteiger partial charge in [-0.2, -0.15) is 15.4 Å². The molecule has 168 valence electrons. The number of carbonyl (C=O) groups is 2. The third-order valence-electron chi connectivity index (χ3n) is 5.23. The molecule has 8 nitrogen and oxygen atoms in total. The summed E-state index contributed by atoms with van der Waals surface area (Å²) in [6.07, 6.45) is 1.64. The van der Waals surface area contributed by atoms with Gasteiger partial charge < -0.3 is 15.0 Å². The number of nitrogens with zero attached hydrogens (tertiary/aromatic N) is 4. The Bertz CT molecular complexity index is 1230. The van der Waals surface area contributed by atoms with E-state index in [9.17, 15) is 9.59 Å². The summed E-state index contributed by atoms with van der Waals surface area (Å²) in [5, 5.41) is 16.9. The van der Waals surface area contributed by atoms with E-state index in [1.807, 2.05) is 24.0 Å². The SMILES string of the molecule is C=C1NC(=O)N(c2cc(Cl)c(Oc3ccc4c(c3)CCN(CCC)C4=O)c(Cl)c2)N=C1C#N. The van der Waals surface area contributed by atoms with Crippen LogP contribution in [0.25, 0.3) is 0 Å². The van der Waals surface area contributed by atoms with Gasteiger partial charge in [-0.1, -0.05) is 36.7 Å².